The lowest BCUT2D eigenvalue weighted by molar-refractivity contribution is 0.0198. The van der Waals surface area contributed by atoms with Gasteiger partial charge in [0.15, 0.2) is 5.76 Å². The normalized spacial score (nSPS) is 16.5. The van der Waals surface area contributed by atoms with Gasteiger partial charge in [-0.15, -0.1) is 0 Å². The number of morpholine rings is 1. The van der Waals surface area contributed by atoms with E-state index in [4.69, 9.17) is 9.26 Å². The number of rotatable bonds is 4. The molecule has 0 amide bonds. The van der Waals surface area contributed by atoms with Gasteiger partial charge in [-0.25, -0.2) is 0 Å². The van der Waals surface area contributed by atoms with Crippen molar-refractivity contribution in [2.45, 2.75) is 13.0 Å². The second kappa shape index (κ2) is 7.32. The molecular formula is C21H22N2O3. The summed E-state index contributed by atoms with van der Waals surface area (Å²) in [6.07, 6.45) is 1.57. The molecule has 1 aromatic heterocycles. The van der Waals surface area contributed by atoms with Crippen LogP contribution in [0.25, 0.3) is 22.5 Å². The fraction of sp³-hybridized carbons (Fsp3) is 0.286. The van der Waals surface area contributed by atoms with Crippen LogP contribution in [0.3, 0.4) is 0 Å². The van der Waals surface area contributed by atoms with Crippen molar-refractivity contribution in [3.63, 3.8) is 0 Å². The van der Waals surface area contributed by atoms with Crippen LogP contribution < -0.4 is 0 Å². The van der Waals surface area contributed by atoms with Crippen LogP contribution in [0.15, 0.2) is 59.3 Å². The van der Waals surface area contributed by atoms with Gasteiger partial charge < -0.3 is 14.4 Å². The first-order valence-electron chi connectivity index (χ1n) is 8.88. The molecular weight excluding hydrogens is 328 g/mol. The number of ether oxygens (including phenoxy) is 1. The van der Waals surface area contributed by atoms with Crippen molar-refractivity contribution in [2.24, 2.45) is 0 Å². The standard InChI is InChI=1S/C21H22N2O3/c1-15(23-10-12-25-13-11-23)16-2-4-17(5-3-16)18-6-7-20(24)19(14-18)21-8-9-22-26-21/h2-9,14-15,24H,10-13H2,1H3/t15-/m0/s1. The lowest BCUT2D eigenvalue weighted by Gasteiger charge is -2.32. The Kier molecular flexibility index (Phi) is 4.73. The van der Waals surface area contributed by atoms with E-state index in [0.29, 0.717) is 17.4 Å². The summed E-state index contributed by atoms with van der Waals surface area (Å²) in [7, 11) is 0. The van der Waals surface area contributed by atoms with E-state index >= 15 is 0 Å². The first-order chi connectivity index (χ1) is 12.7. The molecule has 0 unspecified atom stereocenters. The molecule has 1 N–H and O–H groups in total. The maximum atomic E-state index is 10.1. The number of hydrogen-bond acceptors (Lipinski definition) is 5. The van der Waals surface area contributed by atoms with E-state index in [1.54, 1.807) is 18.3 Å². The Morgan fingerprint density at radius 3 is 2.42 bits per heavy atom. The van der Waals surface area contributed by atoms with Crippen LogP contribution in [-0.4, -0.2) is 41.5 Å². The SMILES string of the molecule is C[C@@H](c1ccc(-c2ccc(O)c(-c3ccno3)c2)cc1)N1CCOCC1. The van der Waals surface area contributed by atoms with Crippen molar-refractivity contribution in [3.8, 4) is 28.2 Å². The predicted octanol–water partition coefficient (Wildman–Crippen LogP) is 4.11. The summed E-state index contributed by atoms with van der Waals surface area (Å²) in [4.78, 5) is 2.45. The summed E-state index contributed by atoms with van der Waals surface area (Å²) < 4.78 is 10.6. The molecule has 1 saturated heterocycles. The van der Waals surface area contributed by atoms with Crippen LogP contribution in [0.4, 0.5) is 0 Å². The van der Waals surface area contributed by atoms with Gasteiger partial charge in [0, 0.05) is 25.2 Å². The van der Waals surface area contributed by atoms with Gasteiger partial charge >= 0.3 is 0 Å². The molecule has 1 atom stereocenters. The third-order valence-electron chi connectivity index (χ3n) is 5.02. The molecule has 0 bridgehead atoms. The Morgan fingerprint density at radius 2 is 1.73 bits per heavy atom. The fourth-order valence-electron chi connectivity index (χ4n) is 3.40. The lowest BCUT2D eigenvalue weighted by Crippen LogP contribution is -2.37. The summed E-state index contributed by atoms with van der Waals surface area (Å²) in [5.41, 5.74) is 4.07. The number of aromatic hydroxyl groups is 1. The van der Waals surface area contributed by atoms with Crippen molar-refractivity contribution >= 4 is 0 Å². The van der Waals surface area contributed by atoms with E-state index in [1.807, 2.05) is 12.1 Å². The molecule has 1 aliphatic rings. The Morgan fingerprint density at radius 1 is 1.00 bits per heavy atom. The molecule has 0 spiro atoms. The second-order valence-corrected chi connectivity index (χ2v) is 6.55. The van der Waals surface area contributed by atoms with Crippen molar-refractivity contribution < 1.29 is 14.4 Å². The zero-order valence-electron chi connectivity index (χ0n) is 14.8. The molecule has 1 fully saturated rings. The maximum Gasteiger partial charge on any atom is 0.170 e. The minimum Gasteiger partial charge on any atom is -0.507 e. The highest BCUT2D eigenvalue weighted by Crippen LogP contribution is 2.34. The summed E-state index contributed by atoms with van der Waals surface area (Å²) >= 11 is 0. The van der Waals surface area contributed by atoms with E-state index in [9.17, 15) is 5.11 Å². The Labute approximate surface area is 152 Å². The minimum atomic E-state index is 0.183. The number of phenols is 1. The zero-order chi connectivity index (χ0) is 17.9. The smallest absolute Gasteiger partial charge is 0.170 e. The summed E-state index contributed by atoms with van der Waals surface area (Å²) in [6, 6.07) is 16.3. The number of benzene rings is 2. The van der Waals surface area contributed by atoms with Gasteiger partial charge in [-0.05, 0) is 35.7 Å². The third-order valence-corrected chi connectivity index (χ3v) is 5.02. The molecule has 0 radical (unpaired) electrons. The number of hydrogen-bond donors (Lipinski definition) is 1. The number of phenolic OH excluding ortho intramolecular Hbond substituents is 1. The number of nitrogens with zero attached hydrogens (tertiary/aromatic N) is 2. The van der Waals surface area contributed by atoms with Crippen molar-refractivity contribution in [3.05, 3.63) is 60.3 Å². The third kappa shape index (κ3) is 3.36. The molecule has 0 aliphatic carbocycles. The number of aromatic nitrogens is 1. The maximum absolute atomic E-state index is 10.1. The summed E-state index contributed by atoms with van der Waals surface area (Å²) in [6.45, 7) is 5.80. The van der Waals surface area contributed by atoms with Crippen molar-refractivity contribution in [1.29, 1.82) is 0 Å². The highest BCUT2D eigenvalue weighted by molar-refractivity contribution is 5.75. The minimum absolute atomic E-state index is 0.183. The fourth-order valence-corrected chi connectivity index (χ4v) is 3.40. The van der Waals surface area contributed by atoms with Gasteiger partial charge in [-0.2, -0.15) is 0 Å². The molecule has 4 rings (SSSR count). The van der Waals surface area contributed by atoms with Crippen LogP contribution in [0.1, 0.15) is 18.5 Å². The second-order valence-electron chi connectivity index (χ2n) is 6.55. The highest BCUT2D eigenvalue weighted by atomic mass is 16.5. The summed E-state index contributed by atoms with van der Waals surface area (Å²) in [5, 5.41) is 13.8. The Hall–Kier alpha value is -2.63. The molecule has 1 aliphatic heterocycles. The Bertz CT molecular complexity index is 853. The van der Waals surface area contributed by atoms with Gasteiger partial charge in [0.05, 0.1) is 25.0 Å². The van der Waals surface area contributed by atoms with Gasteiger partial charge in [0.1, 0.15) is 5.75 Å². The molecule has 0 saturated carbocycles. The zero-order valence-corrected chi connectivity index (χ0v) is 14.8. The lowest BCUT2D eigenvalue weighted by atomic mass is 9.98. The average molecular weight is 350 g/mol. The quantitative estimate of drug-likeness (QED) is 0.767. The molecule has 134 valence electrons. The van der Waals surface area contributed by atoms with Crippen molar-refractivity contribution in [2.75, 3.05) is 26.3 Å². The predicted molar refractivity (Wildman–Crippen MR) is 99.8 cm³/mol. The van der Waals surface area contributed by atoms with Gasteiger partial charge in [0.25, 0.3) is 0 Å². The van der Waals surface area contributed by atoms with E-state index < -0.39 is 0 Å². The van der Waals surface area contributed by atoms with Crippen LogP contribution in [0.2, 0.25) is 0 Å². The summed E-state index contributed by atoms with van der Waals surface area (Å²) in [5.74, 6) is 0.741. The molecule has 2 aromatic carbocycles. The van der Waals surface area contributed by atoms with Gasteiger partial charge in [-0.3, -0.25) is 4.90 Å². The van der Waals surface area contributed by atoms with Crippen LogP contribution >= 0.6 is 0 Å². The van der Waals surface area contributed by atoms with Crippen LogP contribution in [0, 0.1) is 0 Å². The van der Waals surface area contributed by atoms with E-state index in [0.717, 1.165) is 37.4 Å². The molecule has 26 heavy (non-hydrogen) atoms. The monoisotopic (exact) mass is 350 g/mol. The Balaban J connectivity index is 1.58. The van der Waals surface area contributed by atoms with Gasteiger partial charge in [0.2, 0.25) is 0 Å². The van der Waals surface area contributed by atoms with Crippen molar-refractivity contribution in [1.82, 2.24) is 10.1 Å². The molecule has 2 heterocycles. The van der Waals surface area contributed by atoms with E-state index in [1.165, 1.54) is 5.56 Å². The largest absolute Gasteiger partial charge is 0.507 e. The highest BCUT2D eigenvalue weighted by Gasteiger charge is 2.18. The van der Waals surface area contributed by atoms with Crippen LogP contribution in [0.5, 0.6) is 5.75 Å². The first kappa shape index (κ1) is 16.8. The first-order valence-corrected chi connectivity index (χ1v) is 8.88. The molecule has 3 aromatic rings. The topological polar surface area (TPSA) is 58.7 Å². The van der Waals surface area contributed by atoms with E-state index in [-0.39, 0.29) is 5.75 Å². The van der Waals surface area contributed by atoms with Gasteiger partial charge in [-0.1, -0.05) is 35.5 Å². The molecule has 5 heteroatoms. The molecule has 5 nitrogen and oxygen atoms in total. The van der Waals surface area contributed by atoms with Crippen LogP contribution in [-0.2, 0) is 4.74 Å². The van der Waals surface area contributed by atoms with E-state index in [2.05, 4.69) is 41.2 Å². The average Bonchev–Trinajstić information content (AvgIpc) is 3.23.